The third kappa shape index (κ3) is 1.10. The van der Waals surface area contributed by atoms with E-state index in [1.54, 1.807) is 0 Å². The van der Waals surface area contributed by atoms with E-state index in [0.717, 1.165) is 0 Å². The van der Waals surface area contributed by atoms with E-state index >= 15 is 0 Å². The van der Waals surface area contributed by atoms with Crippen LogP contribution < -0.4 is 0 Å². The zero-order valence-electron chi connectivity index (χ0n) is 4.87. The first-order chi connectivity index (χ1) is 4.13. The minimum Gasteiger partial charge on any atom is -0.478 e. The lowest BCUT2D eigenvalue weighted by molar-refractivity contribution is -0.133. The summed E-state index contributed by atoms with van der Waals surface area (Å²) < 4.78 is 0. The summed E-state index contributed by atoms with van der Waals surface area (Å²) in [4.78, 5) is 10.1. The summed E-state index contributed by atoms with van der Waals surface area (Å²) in [6.45, 7) is 3.31. The van der Waals surface area contributed by atoms with Gasteiger partial charge in [0.05, 0.1) is 6.10 Å². The van der Waals surface area contributed by atoms with Crippen LogP contribution in [0.4, 0.5) is 0 Å². The van der Waals surface area contributed by atoms with Crippen molar-refractivity contribution in [3.8, 4) is 0 Å². The normalized spacial score (nSPS) is 31.7. The van der Waals surface area contributed by atoms with Gasteiger partial charge in [0.25, 0.3) is 0 Å². The van der Waals surface area contributed by atoms with Crippen LogP contribution in [0.15, 0.2) is 12.2 Å². The molecule has 0 bridgehead atoms. The van der Waals surface area contributed by atoms with Crippen LogP contribution in [0.3, 0.4) is 0 Å². The zero-order valence-corrected chi connectivity index (χ0v) is 4.87. The molecule has 0 heterocycles. The fourth-order valence-corrected chi connectivity index (χ4v) is 0.715. The van der Waals surface area contributed by atoms with E-state index in [2.05, 4.69) is 6.58 Å². The van der Waals surface area contributed by atoms with Gasteiger partial charge in [-0.3, -0.25) is 0 Å². The van der Waals surface area contributed by atoms with Crippen LogP contribution in [-0.2, 0) is 4.79 Å². The molecule has 50 valence electrons. The molecule has 2 unspecified atom stereocenters. The first-order valence-corrected chi connectivity index (χ1v) is 2.73. The highest BCUT2D eigenvalue weighted by atomic mass is 16.4. The summed E-state index contributed by atoms with van der Waals surface area (Å²) in [5, 5.41) is 17.0. The molecule has 0 amide bonds. The Morgan fingerprint density at radius 2 is 2.11 bits per heavy atom. The minimum atomic E-state index is -1.00. The summed E-state index contributed by atoms with van der Waals surface area (Å²) in [6.07, 6.45) is 0.110. The van der Waals surface area contributed by atoms with Crippen LogP contribution in [0.5, 0.6) is 0 Å². The molecule has 0 aromatic rings. The molecule has 0 aliphatic heterocycles. The van der Waals surface area contributed by atoms with E-state index in [1.165, 1.54) is 0 Å². The number of aliphatic carboxylic acids is 1. The molecule has 3 heteroatoms. The van der Waals surface area contributed by atoms with Crippen LogP contribution >= 0.6 is 0 Å². The number of aliphatic hydroxyl groups excluding tert-OH is 1. The van der Waals surface area contributed by atoms with E-state index in [0.29, 0.717) is 6.42 Å². The van der Waals surface area contributed by atoms with Crippen molar-refractivity contribution in [1.29, 1.82) is 0 Å². The van der Waals surface area contributed by atoms with Crippen LogP contribution in [-0.4, -0.2) is 22.3 Å². The molecule has 1 aliphatic carbocycles. The smallest absolute Gasteiger partial charge is 0.331 e. The Kier molecular flexibility index (Phi) is 1.29. The lowest BCUT2D eigenvalue weighted by Crippen LogP contribution is -2.02. The number of hydrogen-bond donors (Lipinski definition) is 2. The summed E-state index contributed by atoms with van der Waals surface area (Å²) in [5.41, 5.74) is 0.127. The van der Waals surface area contributed by atoms with Gasteiger partial charge in [-0.2, -0.15) is 0 Å². The van der Waals surface area contributed by atoms with Gasteiger partial charge in [-0.15, -0.1) is 0 Å². The molecule has 1 fully saturated rings. The van der Waals surface area contributed by atoms with Gasteiger partial charge in [0.15, 0.2) is 0 Å². The van der Waals surface area contributed by atoms with Crippen molar-refractivity contribution in [1.82, 2.24) is 0 Å². The highest BCUT2D eigenvalue weighted by molar-refractivity contribution is 5.87. The maximum absolute atomic E-state index is 10.1. The van der Waals surface area contributed by atoms with Gasteiger partial charge in [-0.1, -0.05) is 6.58 Å². The molecule has 0 aromatic carbocycles. The monoisotopic (exact) mass is 128 g/mol. The number of carboxylic acid groups (broad SMARTS) is 1. The molecule has 0 spiro atoms. The lowest BCUT2D eigenvalue weighted by atomic mass is 10.2. The number of aliphatic hydroxyl groups is 1. The molecule has 1 rings (SSSR count). The Morgan fingerprint density at radius 1 is 1.67 bits per heavy atom. The average molecular weight is 128 g/mol. The first-order valence-electron chi connectivity index (χ1n) is 2.73. The Bertz CT molecular complexity index is 162. The summed E-state index contributed by atoms with van der Waals surface area (Å²) in [5.74, 6) is -1.18. The van der Waals surface area contributed by atoms with Gasteiger partial charge in [0.1, 0.15) is 0 Å². The number of rotatable bonds is 2. The van der Waals surface area contributed by atoms with Crippen molar-refractivity contribution in [2.75, 3.05) is 0 Å². The van der Waals surface area contributed by atoms with E-state index < -0.39 is 12.1 Å². The summed E-state index contributed by atoms with van der Waals surface area (Å²) in [6, 6.07) is 0. The van der Waals surface area contributed by atoms with Crippen molar-refractivity contribution < 1.29 is 15.0 Å². The van der Waals surface area contributed by atoms with Gasteiger partial charge < -0.3 is 10.2 Å². The third-order valence-corrected chi connectivity index (χ3v) is 1.48. The van der Waals surface area contributed by atoms with Crippen molar-refractivity contribution in [3.63, 3.8) is 0 Å². The zero-order chi connectivity index (χ0) is 7.02. The van der Waals surface area contributed by atoms with Crippen LogP contribution in [0.1, 0.15) is 6.42 Å². The predicted molar refractivity (Wildman–Crippen MR) is 30.9 cm³/mol. The third-order valence-electron chi connectivity index (χ3n) is 1.48. The van der Waals surface area contributed by atoms with Gasteiger partial charge in [0.2, 0.25) is 0 Å². The number of carbonyl (C=O) groups is 1. The molecule has 0 aromatic heterocycles. The van der Waals surface area contributed by atoms with Crippen LogP contribution in [0.2, 0.25) is 0 Å². The maximum Gasteiger partial charge on any atom is 0.331 e. The van der Waals surface area contributed by atoms with E-state index in [1.807, 2.05) is 0 Å². The molecule has 2 atom stereocenters. The quantitative estimate of drug-likeness (QED) is 0.515. The maximum atomic E-state index is 10.1. The van der Waals surface area contributed by atoms with Crippen LogP contribution in [0, 0.1) is 5.92 Å². The SMILES string of the molecule is C=C(C(=O)O)C1CC1O. The molecule has 9 heavy (non-hydrogen) atoms. The predicted octanol–water partition coefficient (Wildman–Crippen LogP) is 0.00800. The van der Waals surface area contributed by atoms with Crippen LogP contribution in [0.25, 0.3) is 0 Å². The Labute approximate surface area is 52.6 Å². The molecular formula is C6H8O3. The van der Waals surface area contributed by atoms with Crippen molar-refractivity contribution in [2.45, 2.75) is 12.5 Å². The fraction of sp³-hybridized carbons (Fsp3) is 0.500. The molecule has 1 aliphatic rings. The standard InChI is InChI=1S/C6H8O3/c1-3(6(8)9)4-2-5(4)7/h4-5,7H,1-2H2,(H,8,9). The second kappa shape index (κ2) is 1.84. The van der Waals surface area contributed by atoms with Gasteiger partial charge in [0, 0.05) is 11.5 Å². The number of carboxylic acids is 1. The molecular weight excluding hydrogens is 120 g/mol. The highest BCUT2D eigenvalue weighted by Crippen LogP contribution is 2.35. The lowest BCUT2D eigenvalue weighted by Gasteiger charge is -1.92. The molecule has 1 saturated carbocycles. The second-order valence-corrected chi connectivity index (χ2v) is 2.24. The largest absolute Gasteiger partial charge is 0.478 e. The second-order valence-electron chi connectivity index (χ2n) is 2.24. The number of hydrogen-bond acceptors (Lipinski definition) is 2. The van der Waals surface area contributed by atoms with E-state index in [4.69, 9.17) is 10.2 Å². The Morgan fingerprint density at radius 3 is 2.22 bits per heavy atom. The minimum absolute atomic E-state index is 0.127. The van der Waals surface area contributed by atoms with Crippen molar-refractivity contribution in [2.24, 2.45) is 5.92 Å². The van der Waals surface area contributed by atoms with Gasteiger partial charge >= 0.3 is 5.97 Å². The van der Waals surface area contributed by atoms with Crippen molar-refractivity contribution in [3.05, 3.63) is 12.2 Å². The fourth-order valence-electron chi connectivity index (χ4n) is 0.715. The Hall–Kier alpha value is -0.830. The van der Waals surface area contributed by atoms with Crippen molar-refractivity contribution >= 4 is 5.97 Å². The molecule has 0 saturated heterocycles. The Balaban J connectivity index is 2.46. The van der Waals surface area contributed by atoms with E-state index in [9.17, 15) is 4.79 Å². The highest BCUT2D eigenvalue weighted by Gasteiger charge is 2.39. The molecule has 3 nitrogen and oxygen atoms in total. The first kappa shape index (κ1) is 6.29. The van der Waals surface area contributed by atoms with E-state index in [-0.39, 0.29) is 11.5 Å². The topological polar surface area (TPSA) is 57.5 Å². The molecule has 2 N–H and O–H groups in total. The summed E-state index contributed by atoms with van der Waals surface area (Å²) >= 11 is 0. The molecule has 0 radical (unpaired) electrons. The van der Waals surface area contributed by atoms with Gasteiger partial charge in [-0.25, -0.2) is 4.79 Å². The van der Waals surface area contributed by atoms with Gasteiger partial charge in [-0.05, 0) is 6.42 Å². The summed E-state index contributed by atoms with van der Waals surface area (Å²) in [7, 11) is 0. The average Bonchev–Trinajstić information content (AvgIpc) is 2.44.